The summed E-state index contributed by atoms with van der Waals surface area (Å²) >= 11 is 0. The van der Waals surface area contributed by atoms with Gasteiger partial charge in [0.1, 0.15) is 5.75 Å². The van der Waals surface area contributed by atoms with Gasteiger partial charge in [0, 0.05) is 29.9 Å². The number of benzene rings is 2. The number of carbonyl (C=O) groups is 1. The van der Waals surface area contributed by atoms with E-state index in [1.54, 1.807) is 0 Å². The molecule has 4 heteroatoms. The molecular formula is C22H26N2O2. The highest BCUT2D eigenvalue weighted by Crippen LogP contribution is 2.18. The molecule has 0 aliphatic carbocycles. The molecule has 1 amide bonds. The van der Waals surface area contributed by atoms with Crippen LogP contribution in [-0.2, 0) is 6.54 Å². The van der Waals surface area contributed by atoms with Crippen molar-refractivity contribution in [3.05, 3.63) is 65.9 Å². The molecule has 0 radical (unpaired) electrons. The second-order valence-electron chi connectivity index (χ2n) is 6.48. The standard InChI is InChI=1S/C22H26N2O2/c1-3-4-15-26-20-11-9-18(10-12-20)22(25)23-13-14-24-17(2)16-19-7-5-6-8-21(19)24/h5-12,16H,3-4,13-15H2,1-2H3,(H,23,25). The van der Waals surface area contributed by atoms with Crippen LogP contribution in [0.2, 0.25) is 0 Å². The number of aromatic nitrogens is 1. The predicted octanol–water partition coefficient (Wildman–Crippen LogP) is 4.56. The molecule has 136 valence electrons. The molecule has 4 nitrogen and oxygen atoms in total. The number of amides is 1. The topological polar surface area (TPSA) is 43.3 Å². The molecule has 3 aromatic rings. The summed E-state index contributed by atoms with van der Waals surface area (Å²) in [5, 5.41) is 4.23. The number of rotatable bonds is 8. The van der Waals surface area contributed by atoms with Crippen LogP contribution in [0, 0.1) is 6.92 Å². The summed E-state index contributed by atoms with van der Waals surface area (Å²) in [6.45, 7) is 6.29. The third kappa shape index (κ3) is 4.26. The van der Waals surface area contributed by atoms with Crippen LogP contribution in [-0.4, -0.2) is 23.6 Å². The molecule has 0 fully saturated rings. The fourth-order valence-electron chi connectivity index (χ4n) is 3.07. The lowest BCUT2D eigenvalue weighted by Gasteiger charge is -2.10. The zero-order valence-corrected chi connectivity index (χ0v) is 15.5. The van der Waals surface area contributed by atoms with Crippen LogP contribution in [0.25, 0.3) is 10.9 Å². The van der Waals surface area contributed by atoms with Gasteiger partial charge in [-0.1, -0.05) is 31.5 Å². The maximum Gasteiger partial charge on any atom is 0.251 e. The minimum atomic E-state index is -0.0563. The highest BCUT2D eigenvalue weighted by molar-refractivity contribution is 5.94. The average Bonchev–Trinajstić information content (AvgIpc) is 2.98. The van der Waals surface area contributed by atoms with Crippen LogP contribution in [0.1, 0.15) is 35.8 Å². The summed E-state index contributed by atoms with van der Waals surface area (Å²) in [7, 11) is 0. The molecule has 3 rings (SSSR count). The second-order valence-corrected chi connectivity index (χ2v) is 6.48. The Hall–Kier alpha value is -2.75. The van der Waals surface area contributed by atoms with Crippen molar-refractivity contribution in [1.29, 1.82) is 0 Å². The van der Waals surface area contributed by atoms with Crippen molar-refractivity contribution in [1.82, 2.24) is 9.88 Å². The summed E-state index contributed by atoms with van der Waals surface area (Å²) in [6, 6.07) is 17.8. The van der Waals surface area contributed by atoms with E-state index in [1.807, 2.05) is 36.4 Å². The highest BCUT2D eigenvalue weighted by atomic mass is 16.5. The Bertz CT molecular complexity index is 865. The third-order valence-corrected chi connectivity index (χ3v) is 4.52. The first kappa shape index (κ1) is 18.1. The molecule has 1 N–H and O–H groups in total. The second kappa shape index (κ2) is 8.56. The van der Waals surface area contributed by atoms with Crippen LogP contribution < -0.4 is 10.1 Å². The summed E-state index contributed by atoms with van der Waals surface area (Å²) < 4.78 is 7.87. The van der Waals surface area contributed by atoms with Crippen LogP contribution in [0.5, 0.6) is 5.75 Å². The Morgan fingerprint density at radius 2 is 1.88 bits per heavy atom. The fraction of sp³-hybridized carbons (Fsp3) is 0.318. The molecule has 0 bridgehead atoms. The number of para-hydroxylation sites is 1. The monoisotopic (exact) mass is 350 g/mol. The van der Waals surface area contributed by atoms with E-state index in [0.29, 0.717) is 18.7 Å². The molecule has 1 aromatic heterocycles. The van der Waals surface area contributed by atoms with Crippen molar-refractivity contribution < 1.29 is 9.53 Å². The van der Waals surface area contributed by atoms with Gasteiger partial charge in [-0.25, -0.2) is 0 Å². The van der Waals surface area contributed by atoms with E-state index < -0.39 is 0 Å². The van der Waals surface area contributed by atoms with Gasteiger partial charge >= 0.3 is 0 Å². The van der Waals surface area contributed by atoms with E-state index >= 15 is 0 Å². The number of carbonyl (C=O) groups excluding carboxylic acids is 1. The van der Waals surface area contributed by atoms with E-state index in [2.05, 4.69) is 41.9 Å². The van der Waals surface area contributed by atoms with Crippen molar-refractivity contribution in [2.24, 2.45) is 0 Å². The maximum absolute atomic E-state index is 12.3. The average molecular weight is 350 g/mol. The first-order chi connectivity index (χ1) is 12.7. The molecule has 26 heavy (non-hydrogen) atoms. The smallest absolute Gasteiger partial charge is 0.251 e. The molecule has 0 atom stereocenters. The summed E-state index contributed by atoms with van der Waals surface area (Å²) in [6.07, 6.45) is 2.15. The molecule has 0 unspecified atom stereocenters. The lowest BCUT2D eigenvalue weighted by Crippen LogP contribution is -2.27. The lowest BCUT2D eigenvalue weighted by molar-refractivity contribution is 0.0952. The molecule has 2 aromatic carbocycles. The fourth-order valence-corrected chi connectivity index (χ4v) is 3.07. The number of hydrogen-bond donors (Lipinski definition) is 1. The van der Waals surface area contributed by atoms with Crippen molar-refractivity contribution in [2.75, 3.05) is 13.2 Å². The van der Waals surface area contributed by atoms with Crippen molar-refractivity contribution in [2.45, 2.75) is 33.2 Å². The number of fused-ring (bicyclic) bond motifs is 1. The minimum absolute atomic E-state index is 0.0563. The van der Waals surface area contributed by atoms with E-state index in [-0.39, 0.29) is 5.91 Å². The van der Waals surface area contributed by atoms with E-state index in [1.165, 1.54) is 16.6 Å². The quantitative estimate of drug-likeness (QED) is 0.605. The predicted molar refractivity (Wildman–Crippen MR) is 106 cm³/mol. The summed E-state index contributed by atoms with van der Waals surface area (Å²) in [5.41, 5.74) is 3.06. The number of unbranched alkanes of at least 4 members (excludes halogenated alkanes) is 1. The van der Waals surface area contributed by atoms with Gasteiger partial charge < -0.3 is 14.6 Å². The number of hydrogen-bond acceptors (Lipinski definition) is 2. The van der Waals surface area contributed by atoms with Crippen molar-refractivity contribution in [3.63, 3.8) is 0 Å². The van der Waals surface area contributed by atoms with E-state index in [9.17, 15) is 4.79 Å². The number of nitrogens with zero attached hydrogens (tertiary/aromatic N) is 1. The Labute approximate surface area is 154 Å². The SMILES string of the molecule is CCCCOc1ccc(C(=O)NCCn2c(C)cc3ccccc32)cc1. The molecule has 0 spiro atoms. The molecular weight excluding hydrogens is 324 g/mol. The Morgan fingerprint density at radius 3 is 2.65 bits per heavy atom. The van der Waals surface area contributed by atoms with Gasteiger partial charge in [-0.15, -0.1) is 0 Å². The number of nitrogens with one attached hydrogen (secondary N) is 1. The zero-order chi connectivity index (χ0) is 18.4. The van der Waals surface area contributed by atoms with Gasteiger partial charge in [-0.2, -0.15) is 0 Å². The van der Waals surface area contributed by atoms with Gasteiger partial charge in [-0.05, 0) is 55.1 Å². The van der Waals surface area contributed by atoms with Gasteiger partial charge in [0.2, 0.25) is 0 Å². The Morgan fingerprint density at radius 1 is 1.12 bits per heavy atom. The van der Waals surface area contributed by atoms with Gasteiger partial charge in [-0.3, -0.25) is 4.79 Å². The third-order valence-electron chi connectivity index (χ3n) is 4.52. The van der Waals surface area contributed by atoms with Gasteiger partial charge in [0.05, 0.1) is 6.61 Å². The molecule has 1 heterocycles. The largest absolute Gasteiger partial charge is 0.494 e. The summed E-state index contributed by atoms with van der Waals surface area (Å²) in [5.74, 6) is 0.753. The number of ether oxygens (including phenoxy) is 1. The van der Waals surface area contributed by atoms with Crippen molar-refractivity contribution >= 4 is 16.8 Å². The van der Waals surface area contributed by atoms with Crippen molar-refractivity contribution in [3.8, 4) is 5.75 Å². The Kier molecular flexibility index (Phi) is 5.95. The Balaban J connectivity index is 1.54. The first-order valence-corrected chi connectivity index (χ1v) is 9.25. The van der Waals surface area contributed by atoms with Gasteiger partial charge in [0.15, 0.2) is 0 Å². The maximum atomic E-state index is 12.3. The van der Waals surface area contributed by atoms with Crippen LogP contribution in [0.3, 0.4) is 0 Å². The zero-order valence-electron chi connectivity index (χ0n) is 15.5. The molecule has 0 aliphatic rings. The van der Waals surface area contributed by atoms with Crippen LogP contribution >= 0.6 is 0 Å². The number of aryl methyl sites for hydroxylation is 1. The van der Waals surface area contributed by atoms with Crippen LogP contribution in [0.4, 0.5) is 0 Å². The highest BCUT2D eigenvalue weighted by Gasteiger charge is 2.07. The minimum Gasteiger partial charge on any atom is -0.494 e. The normalized spacial score (nSPS) is 10.8. The van der Waals surface area contributed by atoms with E-state index in [0.717, 1.165) is 25.1 Å². The molecule has 0 aliphatic heterocycles. The summed E-state index contributed by atoms with van der Waals surface area (Å²) in [4.78, 5) is 12.3. The van der Waals surface area contributed by atoms with Gasteiger partial charge in [0.25, 0.3) is 5.91 Å². The van der Waals surface area contributed by atoms with Crippen LogP contribution in [0.15, 0.2) is 54.6 Å². The lowest BCUT2D eigenvalue weighted by atomic mass is 10.2. The molecule has 0 saturated carbocycles. The van der Waals surface area contributed by atoms with E-state index in [4.69, 9.17) is 4.74 Å². The molecule has 0 saturated heterocycles. The first-order valence-electron chi connectivity index (χ1n) is 9.25.